The van der Waals surface area contributed by atoms with E-state index in [2.05, 4.69) is 16.4 Å². The van der Waals surface area contributed by atoms with Crippen molar-refractivity contribution in [2.24, 2.45) is 0 Å². The molecule has 1 N–H and O–H groups in total. The van der Waals surface area contributed by atoms with E-state index in [-0.39, 0.29) is 0 Å². The Hall–Kier alpha value is -1.88. The SMILES string of the molecule is S=C1Nc2ccc(-n3ccnc3)cc2CO1. The van der Waals surface area contributed by atoms with Gasteiger partial charge in [-0.2, -0.15) is 0 Å². The van der Waals surface area contributed by atoms with E-state index in [1.807, 2.05) is 22.9 Å². The number of ether oxygens (including phenoxy) is 1. The Labute approximate surface area is 97.9 Å². The summed E-state index contributed by atoms with van der Waals surface area (Å²) in [5.41, 5.74) is 3.18. The molecule has 0 radical (unpaired) electrons. The van der Waals surface area contributed by atoms with Crippen LogP contribution >= 0.6 is 12.2 Å². The molecule has 0 fully saturated rings. The number of thiocarbonyl (C=S) groups is 1. The molecular formula is C11H9N3OS. The normalized spacial score (nSPS) is 13.9. The maximum Gasteiger partial charge on any atom is 0.261 e. The van der Waals surface area contributed by atoms with Crippen LogP contribution in [-0.2, 0) is 11.3 Å². The van der Waals surface area contributed by atoms with Gasteiger partial charge in [-0.25, -0.2) is 4.98 Å². The molecule has 1 aliphatic heterocycles. The second-order valence-electron chi connectivity index (χ2n) is 3.51. The fraction of sp³-hybridized carbons (Fsp3) is 0.0909. The molecule has 0 amide bonds. The molecule has 3 rings (SSSR count). The molecule has 1 aromatic heterocycles. The summed E-state index contributed by atoms with van der Waals surface area (Å²) in [4.78, 5) is 4.02. The monoisotopic (exact) mass is 231 g/mol. The lowest BCUT2D eigenvalue weighted by Crippen LogP contribution is -2.20. The number of aromatic nitrogens is 2. The number of nitrogens with zero attached hydrogens (tertiary/aromatic N) is 2. The lowest BCUT2D eigenvalue weighted by Gasteiger charge is -2.20. The van der Waals surface area contributed by atoms with Crippen molar-refractivity contribution < 1.29 is 4.74 Å². The van der Waals surface area contributed by atoms with Crippen molar-refractivity contribution in [1.82, 2.24) is 9.55 Å². The summed E-state index contributed by atoms with van der Waals surface area (Å²) >= 11 is 4.95. The number of nitrogens with one attached hydrogen (secondary N) is 1. The zero-order valence-corrected chi connectivity index (χ0v) is 9.20. The molecule has 0 saturated heterocycles. The first-order valence-electron chi connectivity index (χ1n) is 4.88. The van der Waals surface area contributed by atoms with E-state index in [1.165, 1.54) is 0 Å². The minimum absolute atomic E-state index is 0.433. The predicted octanol–water partition coefficient (Wildman–Crippen LogP) is 2.10. The summed E-state index contributed by atoms with van der Waals surface area (Å²) in [5, 5.41) is 3.45. The number of hydrogen-bond acceptors (Lipinski definition) is 3. The zero-order valence-electron chi connectivity index (χ0n) is 8.38. The van der Waals surface area contributed by atoms with Crippen LogP contribution in [0.25, 0.3) is 5.69 Å². The average molecular weight is 231 g/mol. The van der Waals surface area contributed by atoms with Gasteiger partial charge in [-0.1, -0.05) is 0 Å². The summed E-state index contributed by atoms with van der Waals surface area (Å²) in [6.45, 7) is 0.518. The second-order valence-corrected chi connectivity index (χ2v) is 3.88. The third kappa shape index (κ3) is 1.55. The zero-order chi connectivity index (χ0) is 11.0. The van der Waals surface area contributed by atoms with Crippen LogP contribution in [0.4, 0.5) is 5.69 Å². The molecule has 1 aromatic carbocycles. The molecule has 0 aliphatic carbocycles. The molecule has 1 aliphatic rings. The highest BCUT2D eigenvalue weighted by Crippen LogP contribution is 2.24. The topological polar surface area (TPSA) is 39.1 Å². The number of rotatable bonds is 1. The molecule has 80 valence electrons. The van der Waals surface area contributed by atoms with E-state index in [9.17, 15) is 0 Å². The van der Waals surface area contributed by atoms with Crippen molar-refractivity contribution in [2.75, 3.05) is 5.32 Å². The molecule has 0 saturated carbocycles. The Morgan fingerprint density at radius 2 is 2.38 bits per heavy atom. The highest BCUT2D eigenvalue weighted by molar-refractivity contribution is 7.80. The maximum absolute atomic E-state index is 5.27. The highest BCUT2D eigenvalue weighted by atomic mass is 32.1. The van der Waals surface area contributed by atoms with Crippen LogP contribution in [0.5, 0.6) is 0 Å². The number of benzene rings is 1. The number of fused-ring (bicyclic) bond motifs is 1. The quantitative estimate of drug-likeness (QED) is 0.763. The minimum atomic E-state index is 0.433. The Balaban J connectivity index is 2.03. The summed E-state index contributed by atoms with van der Waals surface area (Å²) < 4.78 is 7.22. The van der Waals surface area contributed by atoms with Gasteiger partial charge in [0.25, 0.3) is 5.17 Å². The van der Waals surface area contributed by atoms with E-state index in [4.69, 9.17) is 17.0 Å². The van der Waals surface area contributed by atoms with E-state index >= 15 is 0 Å². The first kappa shape index (κ1) is 9.35. The predicted molar refractivity (Wildman–Crippen MR) is 64.6 cm³/mol. The van der Waals surface area contributed by atoms with E-state index in [0.29, 0.717) is 11.8 Å². The third-order valence-corrected chi connectivity index (χ3v) is 2.71. The molecular weight excluding hydrogens is 222 g/mol. The Kier molecular flexibility index (Phi) is 2.11. The molecule has 2 aromatic rings. The molecule has 0 atom stereocenters. The number of anilines is 1. The molecule has 16 heavy (non-hydrogen) atoms. The van der Waals surface area contributed by atoms with Gasteiger partial charge in [-0.3, -0.25) is 0 Å². The largest absolute Gasteiger partial charge is 0.466 e. The molecule has 0 unspecified atom stereocenters. The summed E-state index contributed by atoms with van der Waals surface area (Å²) in [5.74, 6) is 0. The van der Waals surface area contributed by atoms with E-state index in [1.54, 1.807) is 12.5 Å². The smallest absolute Gasteiger partial charge is 0.261 e. The molecule has 2 heterocycles. The third-order valence-electron chi connectivity index (χ3n) is 2.49. The van der Waals surface area contributed by atoms with Crippen LogP contribution < -0.4 is 5.32 Å². The van der Waals surface area contributed by atoms with Crippen LogP contribution in [0.2, 0.25) is 0 Å². The van der Waals surface area contributed by atoms with Crippen molar-refractivity contribution >= 4 is 23.1 Å². The van der Waals surface area contributed by atoms with Crippen LogP contribution in [0.3, 0.4) is 0 Å². The van der Waals surface area contributed by atoms with Gasteiger partial charge in [-0.15, -0.1) is 0 Å². The van der Waals surface area contributed by atoms with Crippen molar-refractivity contribution in [3.8, 4) is 5.69 Å². The summed E-state index contributed by atoms with van der Waals surface area (Å²) in [7, 11) is 0. The maximum atomic E-state index is 5.27. The van der Waals surface area contributed by atoms with Gasteiger partial charge in [0.05, 0.1) is 6.33 Å². The molecule has 0 bridgehead atoms. The minimum Gasteiger partial charge on any atom is -0.466 e. The Bertz CT molecular complexity index is 536. The van der Waals surface area contributed by atoms with Crippen molar-refractivity contribution in [2.45, 2.75) is 6.61 Å². The lowest BCUT2D eigenvalue weighted by molar-refractivity contribution is 0.294. The van der Waals surface area contributed by atoms with Crippen molar-refractivity contribution in [1.29, 1.82) is 0 Å². The lowest BCUT2D eigenvalue weighted by atomic mass is 10.1. The van der Waals surface area contributed by atoms with Crippen LogP contribution in [0.1, 0.15) is 5.56 Å². The van der Waals surface area contributed by atoms with Crippen molar-refractivity contribution in [3.05, 3.63) is 42.5 Å². The average Bonchev–Trinajstić information content (AvgIpc) is 2.82. The Morgan fingerprint density at radius 1 is 1.44 bits per heavy atom. The van der Waals surface area contributed by atoms with Gasteiger partial charge in [0.15, 0.2) is 0 Å². The fourth-order valence-corrected chi connectivity index (χ4v) is 1.85. The molecule has 4 nitrogen and oxygen atoms in total. The first-order chi connectivity index (χ1) is 7.83. The first-order valence-corrected chi connectivity index (χ1v) is 5.29. The van der Waals surface area contributed by atoms with Gasteiger partial charge in [0.2, 0.25) is 0 Å². The van der Waals surface area contributed by atoms with E-state index in [0.717, 1.165) is 16.9 Å². The summed E-state index contributed by atoms with van der Waals surface area (Å²) in [6, 6.07) is 6.08. The standard InChI is InChI=1S/C11H9N3OS/c16-11-13-10-2-1-9(5-8(10)6-15-11)14-4-3-12-7-14/h1-5,7H,6H2,(H,13,16). The van der Waals surface area contributed by atoms with Crippen LogP contribution in [0, 0.1) is 0 Å². The number of imidazole rings is 1. The fourth-order valence-electron chi connectivity index (χ4n) is 1.68. The second kappa shape index (κ2) is 3.61. The highest BCUT2D eigenvalue weighted by Gasteiger charge is 2.13. The molecule has 0 spiro atoms. The molecule has 5 heteroatoms. The van der Waals surface area contributed by atoms with Crippen LogP contribution in [-0.4, -0.2) is 14.7 Å². The van der Waals surface area contributed by atoms with Gasteiger partial charge in [0, 0.05) is 29.3 Å². The van der Waals surface area contributed by atoms with Gasteiger partial charge in [0.1, 0.15) is 6.61 Å². The van der Waals surface area contributed by atoms with Crippen molar-refractivity contribution in [3.63, 3.8) is 0 Å². The van der Waals surface area contributed by atoms with E-state index < -0.39 is 0 Å². The van der Waals surface area contributed by atoms with Gasteiger partial charge < -0.3 is 14.6 Å². The van der Waals surface area contributed by atoms with Gasteiger partial charge >= 0.3 is 0 Å². The number of hydrogen-bond donors (Lipinski definition) is 1. The Morgan fingerprint density at radius 3 is 3.19 bits per heavy atom. The van der Waals surface area contributed by atoms with Crippen LogP contribution in [0.15, 0.2) is 36.9 Å². The summed E-state index contributed by atoms with van der Waals surface area (Å²) in [6.07, 6.45) is 5.43. The van der Waals surface area contributed by atoms with Gasteiger partial charge in [-0.05, 0) is 30.4 Å².